The largest absolute Gasteiger partial charge is 0.312 e. The number of nitrogens with zero attached hydrogens (tertiary/aromatic N) is 2. The van der Waals surface area contributed by atoms with Gasteiger partial charge in [0.15, 0.2) is 5.13 Å². The number of anilines is 2. The summed E-state index contributed by atoms with van der Waals surface area (Å²) < 4.78 is 0. The molecule has 22 heavy (non-hydrogen) atoms. The molecule has 1 aromatic carbocycles. The quantitative estimate of drug-likeness (QED) is 0.934. The van der Waals surface area contributed by atoms with Crippen LogP contribution in [0, 0.1) is 6.92 Å². The number of carbonyl (C=O) groups is 2. The molecule has 1 aromatic heterocycles. The summed E-state index contributed by atoms with van der Waals surface area (Å²) in [5, 5.41) is 5.66. The molecular formula is C15H14ClN3O2S. The second kappa shape index (κ2) is 6.06. The normalized spacial score (nSPS) is 14.5. The Morgan fingerprint density at radius 2 is 2.27 bits per heavy atom. The summed E-state index contributed by atoms with van der Waals surface area (Å²) in [7, 11) is 0. The van der Waals surface area contributed by atoms with Crippen LogP contribution in [0.3, 0.4) is 0 Å². The Balaban J connectivity index is 1.92. The summed E-state index contributed by atoms with van der Waals surface area (Å²) in [6.45, 7) is 2.47. The van der Waals surface area contributed by atoms with Gasteiger partial charge < -0.3 is 4.90 Å². The molecule has 3 rings (SSSR count). The van der Waals surface area contributed by atoms with E-state index in [0.29, 0.717) is 34.4 Å². The van der Waals surface area contributed by atoms with Crippen LogP contribution < -0.4 is 10.2 Å². The first-order valence-corrected chi connectivity index (χ1v) is 8.14. The number of hydrogen-bond donors (Lipinski definition) is 1. The van der Waals surface area contributed by atoms with Crippen LogP contribution in [0.2, 0.25) is 5.02 Å². The van der Waals surface area contributed by atoms with Crippen LogP contribution in [0.15, 0.2) is 23.6 Å². The van der Waals surface area contributed by atoms with Gasteiger partial charge in [-0.3, -0.25) is 14.9 Å². The summed E-state index contributed by atoms with van der Waals surface area (Å²) in [6.07, 6.45) is 1.29. The zero-order valence-corrected chi connectivity index (χ0v) is 13.5. The fourth-order valence-corrected chi connectivity index (χ4v) is 3.25. The van der Waals surface area contributed by atoms with Crippen LogP contribution in [0.1, 0.15) is 28.9 Å². The fourth-order valence-electron chi connectivity index (χ4n) is 2.40. The lowest BCUT2D eigenvalue weighted by Gasteiger charge is -2.19. The van der Waals surface area contributed by atoms with Gasteiger partial charge in [-0.05, 0) is 31.5 Å². The van der Waals surface area contributed by atoms with E-state index in [0.717, 1.165) is 12.1 Å². The maximum absolute atomic E-state index is 12.5. The summed E-state index contributed by atoms with van der Waals surface area (Å²) in [5.74, 6) is -0.276. The van der Waals surface area contributed by atoms with E-state index in [1.165, 1.54) is 11.3 Å². The van der Waals surface area contributed by atoms with Crippen molar-refractivity contribution in [1.29, 1.82) is 0 Å². The first-order valence-electron chi connectivity index (χ1n) is 6.88. The van der Waals surface area contributed by atoms with Crippen molar-refractivity contribution in [1.82, 2.24) is 4.98 Å². The molecule has 1 aliphatic heterocycles. The third-order valence-electron chi connectivity index (χ3n) is 3.41. The Morgan fingerprint density at radius 1 is 1.45 bits per heavy atom. The second-order valence-corrected chi connectivity index (χ2v) is 6.35. The maximum Gasteiger partial charge on any atom is 0.259 e. The van der Waals surface area contributed by atoms with Crippen LogP contribution in [0.5, 0.6) is 0 Å². The summed E-state index contributed by atoms with van der Waals surface area (Å²) in [5.41, 5.74) is 1.83. The fraction of sp³-hybridized carbons (Fsp3) is 0.267. The number of amides is 2. The number of benzene rings is 1. The van der Waals surface area contributed by atoms with Gasteiger partial charge in [-0.15, -0.1) is 11.3 Å². The lowest BCUT2D eigenvalue weighted by atomic mass is 10.1. The number of aryl methyl sites for hydroxylation is 1. The molecule has 1 saturated heterocycles. The van der Waals surface area contributed by atoms with Gasteiger partial charge in [-0.25, -0.2) is 4.98 Å². The molecule has 5 nitrogen and oxygen atoms in total. The number of thiazole rings is 1. The van der Waals surface area contributed by atoms with Gasteiger partial charge in [0.2, 0.25) is 5.91 Å². The molecule has 1 aliphatic rings. The molecule has 0 saturated carbocycles. The maximum atomic E-state index is 12.5. The highest BCUT2D eigenvalue weighted by atomic mass is 35.5. The highest BCUT2D eigenvalue weighted by molar-refractivity contribution is 7.13. The average Bonchev–Trinajstić information content (AvgIpc) is 3.07. The number of nitrogens with one attached hydrogen (secondary N) is 1. The van der Waals surface area contributed by atoms with Gasteiger partial charge in [0.25, 0.3) is 5.91 Å². The molecule has 0 bridgehead atoms. The molecule has 114 valence electrons. The van der Waals surface area contributed by atoms with E-state index in [1.807, 2.05) is 12.3 Å². The summed E-state index contributed by atoms with van der Waals surface area (Å²) in [6, 6.07) is 4.94. The molecule has 1 N–H and O–H groups in total. The minimum absolute atomic E-state index is 0.0152. The van der Waals surface area contributed by atoms with Crippen molar-refractivity contribution in [3.8, 4) is 0 Å². The highest BCUT2D eigenvalue weighted by Gasteiger charge is 2.26. The monoisotopic (exact) mass is 335 g/mol. The molecule has 0 unspecified atom stereocenters. The standard InChI is InChI=1S/C15H14ClN3O2S/c1-9-8-22-15(17-9)18-14(21)11-5-4-10(16)7-12(11)19-6-2-3-13(19)20/h4-5,7-8H,2-3,6H2,1H3,(H,17,18,21). The van der Waals surface area contributed by atoms with E-state index < -0.39 is 0 Å². The number of hydrogen-bond acceptors (Lipinski definition) is 4. The predicted molar refractivity (Wildman–Crippen MR) is 87.8 cm³/mol. The van der Waals surface area contributed by atoms with Gasteiger partial charge in [-0.1, -0.05) is 11.6 Å². The van der Waals surface area contributed by atoms with E-state index in [9.17, 15) is 9.59 Å². The van der Waals surface area contributed by atoms with Crippen molar-refractivity contribution in [2.75, 3.05) is 16.8 Å². The van der Waals surface area contributed by atoms with Crippen LogP contribution >= 0.6 is 22.9 Å². The van der Waals surface area contributed by atoms with Crippen LogP contribution in [0.25, 0.3) is 0 Å². The summed E-state index contributed by atoms with van der Waals surface area (Å²) >= 11 is 7.40. The second-order valence-electron chi connectivity index (χ2n) is 5.06. The number of aromatic nitrogens is 1. The van der Waals surface area contributed by atoms with Gasteiger partial charge in [0.05, 0.1) is 16.9 Å². The third-order valence-corrected chi connectivity index (χ3v) is 4.52. The first-order chi connectivity index (χ1) is 10.5. The predicted octanol–water partition coefficient (Wildman–Crippen LogP) is 3.48. The Kier molecular flexibility index (Phi) is 4.13. The molecule has 7 heteroatoms. The molecule has 0 radical (unpaired) electrons. The van der Waals surface area contributed by atoms with E-state index in [1.54, 1.807) is 23.1 Å². The minimum atomic E-state index is -0.291. The molecule has 0 aliphatic carbocycles. The molecular weight excluding hydrogens is 322 g/mol. The van der Waals surface area contributed by atoms with Gasteiger partial charge in [0, 0.05) is 23.4 Å². The molecule has 2 aromatic rings. The van der Waals surface area contributed by atoms with Crippen molar-refractivity contribution < 1.29 is 9.59 Å². The van der Waals surface area contributed by atoms with Gasteiger partial charge in [-0.2, -0.15) is 0 Å². The highest BCUT2D eigenvalue weighted by Crippen LogP contribution is 2.29. The van der Waals surface area contributed by atoms with Crippen LogP contribution in [-0.2, 0) is 4.79 Å². The van der Waals surface area contributed by atoms with Gasteiger partial charge in [0.1, 0.15) is 0 Å². The zero-order chi connectivity index (χ0) is 15.7. The third kappa shape index (κ3) is 2.98. The topological polar surface area (TPSA) is 62.3 Å². The van der Waals surface area contributed by atoms with Gasteiger partial charge >= 0.3 is 0 Å². The molecule has 0 atom stereocenters. The molecule has 0 spiro atoms. The van der Waals surface area contributed by atoms with Crippen molar-refractivity contribution in [2.45, 2.75) is 19.8 Å². The van der Waals surface area contributed by atoms with Crippen molar-refractivity contribution in [3.63, 3.8) is 0 Å². The number of rotatable bonds is 3. The number of carbonyl (C=O) groups excluding carboxylic acids is 2. The SMILES string of the molecule is Cc1csc(NC(=O)c2ccc(Cl)cc2N2CCCC2=O)n1. The Morgan fingerprint density at radius 3 is 2.91 bits per heavy atom. The van der Waals surface area contributed by atoms with E-state index in [2.05, 4.69) is 10.3 Å². The van der Waals surface area contributed by atoms with Crippen LogP contribution in [-0.4, -0.2) is 23.3 Å². The molecule has 1 fully saturated rings. The molecule has 2 heterocycles. The minimum Gasteiger partial charge on any atom is -0.312 e. The average molecular weight is 336 g/mol. The van der Waals surface area contributed by atoms with E-state index in [4.69, 9.17) is 11.6 Å². The Hall–Kier alpha value is -1.92. The van der Waals surface area contributed by atoms with Crippen molar-refractivity contribution in [2.24, 2.45) is 0 Å². The van der Waals surface area contributed by atoms with Crippen molar-refractivity contribution >= 4 is 45.6 Å². The molecule has 2 amide bonds. The number of halogens is 1. The Labute approximate surface area is 136 Å². The zero-order valence-electron chi connectivity index (χ0n) is 11.9. The van der Waals surface area contributed by atoms with E-state index in [-0.39, 0.29) is 11.8 Å². The lowest BCUT2D eigenvalue weighted by Crippen LogP contribution is -2.27. The lowest BCUT2D eigenvalue weighted by molar-refractivity contribution is -0.117. The first kappa shape index (κ1) is 15.0. The van der Waals surface area contributed by atoms with Crippen LogP contribution in [0.4, 0.5) is 10.8 Å². The van der Waals surface area contributed by atoms with E-state index >= 15 is 0 Å². The summed E-state index contributed by atoms with van der Waals surface area (Å²) in [4.78, 5) is 30.3. The Bertz CT molecular complexity index is 744. The van der Waals surface area contributed by atoms with Crippen molar-refractivity contribution in [3.05, 3.63) is 39.9 Å². The smallest absolute Gasteiger partial charge is 0.259 e.